The molecule has 0 aliphatic heterocycles. The average Bonchev–Trinajstić information content (AvgIpc) is 2.50. The summed E-state index contributed by atoms with van der Waals surface area (Å²) in [6, 6.07) is 0. The molecule has 0 rings (SSSR count). The molecule has 0 aromatic heterocycles. The van der Waals surface area contributed by atoms with Crippen LogP contribution in [0, 0.1) is 0 Å². The maximum atomic E-state index is 10.2. The molecule has 2 nitrogen and oxygen atoms in total. The second-order valence-electron chi connectivity index (χ2n) is 5.83. The molecule has 0 radical (unpaired) electrons. The van der Waals surface area contributed by atoms with Gasteiger partial charge >= 0.3 is 5.97 Å². The standard InChI is InChI=1S/C20H34O2/c1-2-3-4-5-6-7-8-9-10-11-12-13-14-15-16-17-18-19-20(21)22/h14-19H,2-13H2,1H3,(H,21,22). The van der Waals surface area contributed by atoms with E-state index in [0.717, 1.165) is 12.5 Å². The summed E-state index contributed by atoms with van der Waals surface area (Å²) >= 11 is 0. The highest BCUT2D eigenvalue weighted by atomic mass is 16.4. The Bertz CT molecular complexity index is 327. The molecule has 22 heavy (non-hydrogen) atoms. The third-order valence-electron chi connectivity index (χ3n) is 3.68. The quantitative estimate of drug-likeness (QED) is 0.215. The van der Waals surface area contributed by atoms with Gasteiger partial charge in [-0.3, -0.25) is 0 Å². The molecule has 0 spiro atoms. The fourth-order valence-corrected chi connectivity index (χ4v) is 2.37. The summed E-state index contributed by atoms with van der Waals surface area (Å²) in [6.45, 7) is 2.27. The molecular weight excluding hydrogens is 272 g/mol. The van der Waals surface area contributed by atoms with Gasteiger partial charge in [0.2, 0.25) is 0 Å². The van der Waals surface area contributed by atoms with Crippen molar-refractivity contribution >= 4 is 5.97 Å². The predicted octanol–water partition coefficient (Wildman–Crippen LogP) is 6.44. The van der Waals surface area contributed by atoms with Crippen molar-refractivity contribution in [2.24, 2.45) is 0 Å². The number of hydrogen-bond donors (Lipinski definition) is 1. The molecule has 1 N–H and O–H groups in total. The second kappa shape index (κ2) is 17.7. The molecule has 0 aromatic rings. The van der Waals surface area contributed by atoms with Crippen LogP contribution in [0.3, 0.4) is 0 Å². The highest BCUT2D eigenvalue weighted by Gasteiger charge is 1.92. The molecule has 0 aliphatic rings. The van der Waals surface area contributed by atoms with Crippen LogP contribution in [0.4, 0.5) is 0 Å². The van der Waals surface area contributed by atoms with Crippen molar-refractivity contribution in [3.8, 4) is 0 Å². The largest absolute Gasteiger partial charge is 0.478 e. The van der Waals surface area contributed by atoms with E-state index in [2.05, 4.69) is 13.0 Å². The Balaban J connectivity index is 3.21. The number of unbranched alkanes of at least 4 members (excludes halogenated alkanes) is 11. The topological polar surface area (TPSA) is 37.3 Å². The molecule has 0 aromatic carbocycles. The van der Waals surface area contributed by atoms with Gasteiger partial charge in [0.25, 0.3) is 0 Å². The van der Waals surface area contributed by atoms with Gasteiger partial charge in [-0.25, -0.2) is 4.79 Å². The van der Waals surface area contributed by atoms with E-state index in [4.69, 9.17) is 5.11 Å². The van der Waals surface area contributed by atoms with Crippen LogP contribution in [0.2, 0.25) is 0 Å². The van der Waals surface area contributed by atoms with E-state index in [1.54, 1.807) is 6.08 Å². The summed E-state index contributed by atoms with van der Waals surface area (Å²) in [5.41, 5.74) is 0. The monoisotopic (exact) mass is 306 g/mol. The van der Waals surface area contributed by atoms with Crippen molar-refractivity contribution in [2.75, 3.05) is 0 Å². The van der Waals surface area contributed by atoms with Crippen LogP contribution in [0.15, 0.2) is 36.5 Å². The van der Waals surface area contributed by atoms with E-state index in [-0.39, 0.29) is 0 Å². The summed E-state index contributed by atoms with van der Waals surface area (Å²) in [4.78, 5) is 10.2. The van der Waals surface area contributed by atoms with Crippen LogP contribution < -0.4 is 0 Å². The summed E-state index contributed by atoms with van der Waals surface area (Å²) in [5.74, 6) is -0.908. The van der Waals surface area contributed by atoms with Gasteiger partial charge in [-0.05, 0) is 12.8 Å². The molecular formula is C20H34O2. The van der Waals surface area contributed by atoms with E-state index in [0.29, 0.717) is 0 Å². The number of allylic oxidation sites excluding steroid dienone is 5. The highest BCUT2D eigenvalue weighted by molar-refractivity contribution is 5.80. The van der Waals surface area contributed by atoms with Gasteiger partial charge in [-0.1, -0.05) is 102 Å². The number of hydrogen-bond acceptors (Lipinski definition) is 1. The van der Waals surface area contributed by atoms with Gasteiger partial charge in [0.1, 0.15) is 0 Å². The average molecular weight is 306 g/mol. The maximum Gasteiger partial charge on any atom is 0.328 e. The summed E-state index contributed by atoms with van der Waals surface area (Å²) < 4.78 is 0. The Hall–Kier alpha value is -1.31. The van der Waals surface area contributed by atoms with Gasteiger partial charge in [0.05, 0.1) is 0 Å². The predicted molar refractivity (Wildman–Crippen MR) is 96.1 cm³/mol. The zero-order valence-electron chi connectivity index (χ0n) is 14.3. The van der Waals surface area contributed by atoms with Crippen molar-refractivity contribution in [3.05, 3.63) is 36.5 Å². The number of rotatable bonds is 15. The number of carbonyl (C=O) groups is 1. The molecule has 0 saturated heterocycles. The summed E-state index contributed by atoms with van der Waals surface area (Å²) in [6.07, 6.45) is 26.7. The van der Waals surface area contributed by atoms with Crippen molar-refractivity contribution in [1.82, 2.24) is 0 Å². The number of carboxylic acids is 1. The smallest absolute Gasteiger partial charge is 0.328 e. The molecule has 0 atom stereocenters. The normalized spacial score (nSPS) is 12.0. The van der Waals surface area contributed by atoms with E-state index in [1.165, 1.54) is 76.7 Å². The van der Waals surface area contributed by atoms with E-state index < -0.39 is 5.97 Å². The SMILES string of the molecule is CCCCCCCCCCCCCC=CC=CC=CC(=O)O. The van der Waals surface area contributed by atoms with Crippen molar-refractivity contribution in [2.45, 2.75) is 84.0 Å². The molecule has 0 saturated carbocycles. The van der Waals surface area contributed by atoms with Gasteiger partial charge in [0, 0.05) is 6.08 Å². The molecule has 0 bridgehead atoms. The molecule has 0 fully saturated rings. The Morgan fingerprint density at radius 3 is 1.77 bits per heavy atom. The third kappa shape index (κ3) is 18.7. The number of aliphatic carboxylic acids is 1. The lowest BCUT2D eigenvalue weighted by Gasteiger charge is -2.01. The lowest BCUT2D eigenvalue weighted by molar-refractivity contribution is -0.131. The molecule has 0 unspecified atom stereocenters. The molecule has 0 amide bonds. The lowest BCUT2D eigenvalue weighted by Crippen LogP contribution is -1.84. The molecule has 0 heterocycles. The first-order chi connectivity index (χ1) is 10.8. The van der Waals surface area contributed by atoms with Crippen LogP contribution in [0.1, 0.15) is 84.0 Å². The Labute approximate surface area is 137 Å². The first-order valence-corrected chi connectivity index (χ1v) is 9.00. The van der Waals surface area contributed by atoms with Crippen LogP contribution in [0.25, 0.3) is 0 Å². The van der Waals surface area contributed by atoms with E-state index in [9.17, 15) is 4.79 Å². The number of carboxylic acid groups (broad SMARTS) is 1. The van der Waals surface area contributed by atoms with Crippen molar-refractivity contribution in [1.29, 1.82) is 0 Å². The van der Waals surface area contributed by atoms with Crippen LogP contribution in [0.5, 0.6) is 0 Å². The summed E-state index contributed by atoms with van der Waals surface area (Å²) in [5, 5.41) is 8.40. The van der Waals surface area contributed by atoms with Crippen LogP contribution in [-0.4, -0.2) is 11.1 Å². The van der Waals surface area contributed by atoms with E-state index >= 15 is 0 Å². The first-order valence-electron chi connectivity index (χ1n) is 9.00. The van der Waals surface area contributed by atoms with Gasteiger partial charge in [-0.2, -0.15) is 0 Å². The minimum absolute atomic E-state index is 0.908. The first kappa shape index (κ1) is 20.7. The van der Waals surface area contributed by atoms with Gasteiger partial charge < -0.3 is 5.11 Å². The van der Waals surface area contributed by atoms with Crippen LogP contribution >= 0.6 is 0 Å². The highest BCUT2D eigenvalue weighted by Crippen LogP contribution is 2.11. The van der Waals surface area contributed by atoms with Crippen molar-refractivity contribution in [3.63, 3.8) is 0 Å². The van der Waals surface area contributed by atoms with E-state index in [1.807, 2.05) is 12.2 Å². The van der Waals surface area contributed by atoms with Crippen LogP contribution in [-0.2, 0) is 4.79 Å². The second-order valence-corrected chi connectivity index (χ2v) is 5.83. The third-order valence-corrected chi connectivity index (χ3v) is 3.68. The Morgan fingerprint density at radius 2 is 1.23 bits per heavy atom. The molecule has 2 heteroatoms. The molecule has 126 valence electrons. The summed E-state index contributed by atoms with van der Waals surface area (Å²) in [7, 11) is 0. The van der Waals surface area contributed by atoms with Crippen molar-refractivity contribution < 1.29 is 9.90 Å². The minimum Gasteiger partial charge on any atom is -0.478 e. The van der Waals surface area contributed by atoms with Gasteiger partial charge in [-0.15, -0.1) is 0 Å². The zero-order chi connectivity index (χ0) is 16.3. The minimum atomic E-state index is -0.908. The Kier molecular flexibility index (Phi) is 16.7. The fourth-order valence-electron chi connectivity index (χ4n) is 2.37. The van der Waals surface area contributed by atoms with Gasteiger partial charge in [0.15, 0.2) is 0 Å². The fraction of sp³-hybridized carbons (Fsp3) is 0.650. The maximum absolute atomic E-state index is 10.2. The Morgan fingerprint density at radius 1 is 0.727 bits per heavy atom. The molecule has 0 aliphatic carbocycles. The zero-order valence-corrected chi connectivity index (χ0v) is 14.3. The lowest BCUT2D eigenvalue weighted by atomic mass is 10.1.